The largest absolute Gasteiger partial charge is 0.494 e. The minimum absolute atomic E-state index is 0.146. The number of carbonyl (C=O) groups is 4. The molecule has 0 unspecified atom stereocenters. The van der Waals surface area contributed by atoms with Gasteiger partial charge in [0.15, 0.2) is 0 Å². The minimum Gasteiger partial charge on any atom is -0.494 e. The fourth-order valence-corrected chi connectivity index (χ4v) is 4.10. The van der Waals surface area contributed by atoms with E-state index in [1.807, 2.05) is 6.92 Å². The molecule has 1 N–H and O–H groups in total. The quantitative estimate of drug-likeness (QED) is 0.543. The normalized spacial score (nSPS) is 14.7. The second kappa shape index (κ2) is 8.94. The highest BCUT2D eigenvalue weighted by Crippen LogP contribution is 2.32. The first-order valence-corrected chi connectivity index (χ1v) is 11.1. The summed E-state index contributed by atoms with van der Waals surface area (Å²) in [4.78, 5) is 53.6. The Morgan fingerprint density at radius 3 is 2.43 bits per heavy atom. The summed E-state index contributed by atoms with van der Waals surface area (Å²) in [6, 6.07) is 17.9. The van der Waals surface area contributed by atoms with Crippen LogP contribution in [0.3, 0.4) is 0 Å². The van der Waals surface area contributed by atoms with Crippen LogP contribution in [0, 0.1) is 0 Å². The highest BCUT2D eigenvalue weighted by Gasteiger charge is 2.37. The molecule has 1 fully saturated rings. The number of nitrogens with one attached hydrogen (secondary N) is 1. The minimum atomic E-state index is -0.510. The van der Waals surface area contributed by atoms with Crippen LogP contribution in [-0.2, 0) is 4.74 Å². The summed E-state index contributed by atoms with van der Waals surface area (Å²) in [6.45, 7) is 3.02. The Kier molecular flexibility index (Phi) is 5.66. The van der Waals surface area contributed by atoms with Crippen molar-refractivity contribution in [1.29, 1.82) is 0 Å². The third kappa shape index (κ3) is 3.97. The predicted molar refractivity (Wildman–Crippen MR) is 128 cm³/mol. The number of anilines is 3. The molecule has 2 aliphatic heterocycles. The van der Waals surface area contributed by atoms with Crippen molar-refractivity contribution in [2.45, 2.75) is 6.92 Å². The Balaban J connectivity index is 1.39. The van der Waals surface area contributed by atoms with Crippen LogP contribution >= 0.6 is 0 Å². The number of imide groups is 1. The number of carbonyl (C=O) groups excluding carboxylic acids is 4. The first-order valence-electron chi connectivity index (χ1n) is 11.1. The third-order valence-corrected chi connectivity index (χ3v) is 5.76. The lowest BCUT2D eigenvalue weighted by atomic mass is 10.1. The molecule has 0 spiro atoms. The van der Waals surface area contributed by atoms with E-state index in [1.54, 1.807) is 48.5 Å². The van der Waals surface area contributed by atoms with E-state index in [0.29, 0.717) is 36.0 Å². The number of nitrogens with zero attached hydrogens (tertiary/aromatic N) is 2. The van der Waals surface area contributed by atoms with Gasteiger partial charge >= 0.3 is 6.09 Å². The molecule has 9 heteroatoms. The van der Waals surface area contributed by atoms with Crippen LogP contribution in [0.1, 0.15) is 38.0 Å². The summed E-state index contributed by atoms with van der Waals surface area (Å²) < 4.78 is 10.4. The van der Waals surface area contributed by atoms with E-state index in [2.05, 4.69) is 5.32 Å². The van der Waals surface area contributed by atoms with E-state index in [1.165, 1.54) is 23.1 Å². The summed E-state index contributed by atoms with van der Waals surface area (Å²) in [5, 5.41) is 2.79. The summed E-state index contributed by atoms with van der Waals surface area (Å²) in [5.74, 6) is -0.815. The van der Waals surface area contributed by atoms with Gasteiger partial charge in [0.05, 0.1) is 41.3 Å². The zero-order chi connectivity index (χ0) is 24.5. The van der Waals surface area contributed by atoms with Crippen LogP contribution < -0.4 is 19.9 Å². The molecule has 4 amide bonds. The van der Waals surface area contributed by atoms with Gasteiger partial charge in [-0.05, 0) is 61.5 Å². The van der Waals surface area contributed by atoms with Gasteiger partial charge in [0.25, 0.3) is 17.7 Å². The molecule has 35 heavy (non-hydrogen) atoms. The Morgan fingerprint density at radius 1 is 0.971 bits per heavy atom. The average molecular weight is 471 g/mol. The maximum atomic E-state index is 13.1. The monoisotopic (exact) mass is 471 g/mol. The standard InChI is InChI=1S/C26H21N3O6/c1-2-34-18-10-8-17(9-11-18)29-24(31)19-12-7-16(15-20(19)25(29)32)23(30)27-21-5-3-4-6-22(21)28-13-14-35-26(28)33/h3-12,15H,2,13-14H2,1H3,(H,27,30). The van der Waals surface area contributed by atoms with Crippen molar-refractivity contribution in [2.75, 3.05) is 34.9 Å². The number of fused-ring (bicyclic) bond motifs is 1. The van der Waals surface area contributed by atoms with Gasteiger partial charge in [0.2, 0.25) is 0 Å². The third-order valence-electron chi connectivity index (χ3n) is 5.76. The van der Waals surface area contributed by atoms with Crippen molar-refractivity contribution in [3.8, 4) is 5.75 Å². The van der Waals surface area contributed by atoms with Crippen molar-refractivity contribution in [3.05, 3.63) is 83.4 Å². The number of benzene rings is 3. The topological polar surface area (TPSA) is 105 Å². The summed E-state index contributed by atoms with van der Waals surface area (Å²) in [5.41, 5.74) is 1.93. The number of hydrogen-bond acceptors (Lipinski definition) is 6. The zero-order valence-electron chi connectivity index (χ0n) is 18.8. The van der Waals surface area contributed by atoms with Crippen molar-refractivity contribution in [1.82, 2.24) is 0 Å². The molecule has 9 nitrogen and oxygen atoms in total. The first-order chi connectivity index (χ1) is 17.0. The molecule has 5 rings (SSSR count). The summed E-state index contributed by atoms with van der Waals surface area (Å²) in [7, 11) is 0. The predicted octanol–water partition coefficient (Wildman–Crippen LogP) is 4.09. The maximum absolute atomic E-state index is 13.1. The molecule has 0 bridgehead atoms. The van der Waals surface area contributed by atoms with E-state index in [4.69, 9.17) is 9.47 Å². The molecule has 0 saturated carbocycles. The number of amides is 4. The van der Waals surface area contributed by atoms with E-state index >= 15 is 0 Å². The highest BCUT2D eigenvalue weighted by atomic mass is 16.6. The second-order valence-corrected chi connectivity index (χ2v) is 7.87. The number of ether oxygens (including phenoxy) is 2. The lowest BCUT2D eigenvalue weighted by molar-refractivity contribution is 0.0925. The lowest BCUT2D eigenvalue weighted by Gasteiger charge is -2.17. The maximum Gasteiger partial charge on any atom is 0.414 e. The van der Waals surface area contributed by atoms with E-state index in [0.717, 1.165) is 4.90 Å². The number of cyclic esters (lactones) is 1. The molecule has 0 radical (unpaired) electrons. The molecule has 0 aromatic heterocycles. The summed E-state index contributed by atoms with van der Waals surface area (Å²) in [6.07, 6.45) is -0.484. The van der Waals surface area contributed by atoms with Gasteiger partial charge in [-0.1, -0.05) is 12.1 Å². The van der Waals surface area contributed by atoms with Crippen molar-refractivity contribution >= 4 is 40.9 Å². The number of rotatable bonds is 6. The molecule has 1 saturated heterocycles. The molecule has 2 heterocycles. The molecule has 0 atom stereocenters. The van der Waals surface area contributed by atoms with Gasteiger partial charge in [-0.2, -0.15) is 0 Å². The SMILES string of the molecule is CCOc1ccc(N2C(=O)c3ccc(C(=O)Nc4ccccc4N4CCOC4=O)cc3C2=O)cc1. The number of hydrogen-bond donors (Lipinski definition) is 1. The fraction of sp³-hybridized carbons (Fsp3) is 0.154. The molecule has 2 aliphatic rings. The van der Waals surface area contributed by atoms with E-state index in [-0.39, 0.29) is 23.3 Å². The van der Waals surface area contributed by atoms with Crippen LogP contribution in [0.25, 0.3) is 0 Å². The van der Waals surface area contributed by atoms with Gasteiger partial charge in [-0.15, -0.1) is 0 Å². The van der Waals surface area contributed by atoms with Crippen LogP contribution in [0.15, 0.2) is 66.7 Å². The van der Waals surface area contributed by atoms with Crippen LogP contribution in [0.5, 0.6) is 5.75 Å². The second-order valence-electron chi connectivity index (χ2n) is 7.87. The van der Waals surface area contributed by atoms with Crippen LogP contribution in [0.2, 0.25) is 0 Å². The van der Waals surface area contributed by atoms with Crippen molar-refractivity contribution in [2.24, 2.45) is 0 Å². The average Bonchev–Trinajstić information content (AvgIpc) is 3.40. The molecular weight excluding hydrogens is 450 g/mol. The molecule has 0 aliphatic carbocycles. The fourth-order valence-electron chi connectivity index (χ4n) is 4.10. The molecule has 176 valence electrons. The lowest BCUT2D eigenvalue weighted by Crippen LogP contribution is -2.29. The van der Waals surface area contributed by atoms with Gasteiger partial charge in [0.1, 0.15) is 12.4 Å². The Hall–Kier alpha value is -4.66. The van der Waals surface area contributed by atoms with Crippen molar-refractivity contribution < 1.29 is 28.7 Å². The molecule has 3 aromatic rings. The van der Waals surface area contributed by atoms with Gasteiger partial charge in [-0.3, -0.25) is 19.3 Å². The van der Waals surface area contributed by atoms with Gasteiger partial charge in [-0.25, -0.2) is 9.69 Å². The van der Waals surface area contributed by atoms with E-state index < -0.39 is 23.8 Å². The van der Waals surface area contributed by atoms with Gasteiger partial charge < -0.3 is 14.8 Å². The Bertz CT molecular complexity index is 1350. The van der Waals surface area contributed by atoms with E-state index in [9.17, 15) is 19.2 Å². The van der Waals surface area contributed by atoms with Gasteiger partial charge in [0, 0.05) is 5.56 Å². The Morgan fingerprint density at radius 2 is 1.71 bits per heavy atom. The Labute approximate surface area is 200 Å². The first kappa shape index (κ1) is 22.1. The zero-order valence-corrected chi connectivity index (χ0v) is 18.8. The van der Waals surface area contributed by atoms with Crippen molar-refractivity contribution in [3.63, 3.8) is 0 Å². The number of para-hydroxylation sites is 2. The highest BCUT2D eigenvalue weighted by molar-refractivity contribution is 6.34. The molecular formula is C26H21N3O6. The smallest absolute Gasteiger partial charge is 0.414 e. The van der Waals surface area contributed by atoms with Crippen LogP contribution in [-0.4, -0.2) is 43.6 Å². The molecule has 3 aromatic carbocycles. The van der Waals surface area contributed by atoms with Crippen LogP contribution in [0.4, 0.5) is 21.9 Å². The summed E-state index contributed by atoms with van der Waals surface area (Å²) >= 11 is 0.